The minimum absolute atomic E-state index is 0.671. The molecule has 0 radical (unpaired) electrons. The highest BCUT2D eigenvalue weighted by atomic mass is 14.9. The van der Waals surface area contributed by atoms with Gasteiger partial charge in [0.15, 0.2) is 0 Å². The number of likely N-dealkylation sites (N-methyl/N-ethyl adjacent to an activating group) is 1. The summed E-state index contributed by atoms with van der Waals surface area (Å²) in [4.78, 5) is 0. The van der Waals surface area contributed by atoms with Crippen LogP contribution in [0.4, 0.5) is 0 Å². The lowest BCUT2D eigenvalue weighted by Crippen LogP contribution is -2.39. The number of rotatable bonds is 6. The molecule has 106 valence electrons. The van der Waals surface area contributed by atoms with Gasteiger partial charge in [-0.25, -0.2) is 0 Å². The Kier molecular flexibility index (Phi) is 5.91. The molecule has 1 aromatic carbocycles. The fraction of sp³-hybridized carbons (Fsp3) is 0.667. The Morgan fingerprint density at radius 2 is 1.74 bits per heavy atom. The summed E-state index contributed by atoms with van der Waals surface area (Å²) in [6.45, 7) is 5.66. The van der Waals surface area contributed by atoms with E-state index in [0.717, 1.165) is 18.4 Å². The van der Waals surface area contributed by atoms with Gasteiger partial charge in [-0.2, -0.15) is 0 Å². The van der Waals surface area contributed by atoms with Gasteiger partial charge in [0, 0.05) is 6.04 Å². The maximum absolute atomic E-state index is 3.73. The summed E-state index contributed by atoms with van der Waals surface area (Å²) in [6, 6.07) is 11.6. The third-order valence-electron chi connectivity index (χ3n) is 4.80. The Morgan fingerprint density at radius 1 is 1.05 bits per heavy atom. The predicted octanol–water partition coefficient (Wildman–Crippen LogP) is 4.42. The summed E-state index contributed by atoms with van der Waals surface area (Å²) < 4.78 is 0. The molecule has 1 aliphatic rings. The van der Waals surface area contributed by atoms with Crippen molar-refractivity contribution in [3.63, 3.8) is 0 Å². The second-order valence-electron chi connectivity index (χ2n) is 6.04. The Labute approximate surface area is 118 Å². The fourth-order valence-electron chi connectivity index (χ4n) is 3.53. The molecule has 1 saturated carbocycles. The standard InChI is InChI=1S/C18H29N/c1-3-15-10-12-17(13-11-15)18(19-4-2)14-16-8-6-5-7-9-16/h5-9,15,17-19H,3-4,10-14H2,1-2H3. The molecular weight excluding hydrogens is 230 g/mol. The van der Waals surface area contributed by atoms with E-state index in [1.807, 2.05) is 0 Å². The largest absolute Gasteiger partial charge is 0.314 e. The van der Waals surface area contributed by atoms with E-state index in [4.69, 9.17) is 0 Å². The Bertz CT molecular complexity index is 338. The highest BCUT2D eigenvalue weighted by molar-refractivity contribution is 5.16. The van der Waals surface area contributed by atoms with Gasteiger partial charge in [0.1, 0.15) is 0 Å². The van der Waals surface area contributed by atoms with Gasteiger partial charge in [-0.1, -0.05) is 63.4 Å². The topological polar surface area (TPSA) is 12.0 Å². The maximum atomic E-state index is 3.73. The van der Waals surface area contributed by atoms with Crippen LogP contribution in [-0.2, 0) is 6.42 Å². The maximum Gasteiger partial charge on any atom is 0.0136 e. The van der Waals surface area contributed by atoms with Gasteiger partial charge < -0.3 is 5.32 Å². The monoisotopic (exact) mass is 259 g/mol. The van der Waals surface area contributed by atoms with Crippen LogP contribution in [0.2, 0.25) is 0 Å². The molecule has 1 unspecified atom stereocenters. The molecule has 0 aliphatic heterocycles. The molecule has 1 atom stereocenters. The zero-order valence-electron chi connectivity index (χ0n) is 12.6. The van der Waals surface area contributed by atoms with E-state index in [1.54, 1.807) is 0 Å². The van der Waals surface area contributed by atoms with Crippen molar-refractivity contribution in [2.24, 2.45) is 11.8 Å². The van der Waals surface area contributed by atoms with Crippen molar-refractivity contribution in [3.8, 4) is 0 Å². The lowest BCUT2D eigenvalue weighted by atomic mass is 9.76. The van der Waals surface area contributed by atoms with Crippen molar-refractivity contribution in [1.82, 2.24) is 5.32 Å². The highest BCUT2D eigenvalue weighted by Gasteiger charge is 2.26. The summed E-state index contributed by atoms with van der Waals surface area (Å²) in [5.74, 6) is 1.87. The third-order valence-corrected chi connectivity index (χ3v) is 4.80. The second-order valence-corrected chi connectivity index (χ2v) is 6.04. The highest BCUT2D eigenvalue weighted by Crippen LogP contribution is 2.33. The predicted molar refractivity (Wildman–Crippen MR) is 83.3 cm³/mol. The first kappa shape index (κ1) is 14.6. The van der Waals surface area contributed by atoms with Crippen molar-refractivity contribution < 1.29 is 0 Å². The van der Waals surface area contributed by atoms with Crippen LogP contribution in [-0.4, -0.2) is 12.6 Å². The second kappa shape index (κ2) is 7.69. The lowest BCUT2D eigenvalue weighted by Gasteiger charge is -2.34. The normalized spacial score (nSPS) is 25.2. The molecule has 1 heteroatoms. The molecule has 1 fully saturated rings. The Morgan fingerprint density at radius 3 is 2.32 bits per heavy atom. The van der Waals surface area contributed by atoms with Crippen molar-refractivity contribution >= 4 is 0 Å². The molecule has 0 aromatic heterocycles. The van der Waals surface area contributed by atoms with E-state index in [1.165, 1.54) is 44.1 Å². The molecular formula is C18H29N. The average molecular weight is 259 g/mol. The number of hydrogen-bond acceptors (Lipinski definition) is 1. The molecule has 0 heterocycles. The van der Waals surface area contributed by atoms with Gasteiger partial charge in [0.25, 0.3) is 0 Å². The van der Waals surface area contributed by atoms with Crippen LogP contribution >= 0.6 is 0 Å². The van der Waals surface area contributed by atoms with Crippen molar-refractivity contribution in [2.75, 3.05) is 6.54 Å². The molecule has 0 saturated heterocycles. The van der Waals surface area contributed by atoms with Crippen LogP contribution in [0, 0.1) is 11.8 Å². The zero-order valence-corrected chi connectivity index (χ0v) is 12.6. The molecule has 0 spiro atoms. The summed E-state index contributed by atoms with van der Waals surface area (Å²) in [7, 11) is 0. The Balaban J connectivity index is 1.92. The van der Waals surface area contributed by atoms with Crippen molar-refractivity contribution in [3.05, 3.63) is 35.9 Å². The van der Waals surface area contributed by atoms with Crippen molar-refractivity contribution in [2.45, 2.75) is 58.4 Å². The minimum atomic E-state index is 0.671. The minimum Gasteiger partial charge on any atom is -0.314 e. The number of hydrogen-bond donors (Lipinski definition) is 1. The first-order valence-electron chi connectivity index (χ1n) is 8.10. The van der Waals surface area contributed by atoms with E-state index in [9.17, 15) is 0 Å². The van der Waals surface area contributed by atoms with E-state index >= 15 is 0 Å². The smallest absolute Gasteiger partial charge is 0.0136 e. The molecule has 1 N–H and O–H groups in total. The van der Waals surface area contributed by atoms with E-state index in [-0.39, 0.29) is 0 Å². The van der Waals surface area contributed by atoms with Gasteiger partial charge in [0.05, 0.1) is 0 Å². The quantitative estimate of drug-likeness (QED) is 0.797. The van der Waals surface area contributed by atoms with Gasteiger partial charge in [-0.05, 0) is 43.2 Å². The summed E-state index contributed by atoms with van der Waals surface area (Å²) in [5, 5.41) is 3.73. The third kappa shape index (κ3) is 4.35. The zero-order chi connectivity index (χ0) is 13.5. The number of benzene rings is 1. The summed E-state index contributed by atoms with van der Waals surface area (Å²) in [5.41, 5.74) is 1.48. The van der Waals surface area contributed by atoms with Crippen LogP contribution in [0.5, 0.6) is 0 Å². The van der Waals surface area contributed by atoms with E-state index < -0.39 is 0 Å². The molecule has 1 nitrogen and oxygen atoms in total. The number of nitrogens with one attached hydrogen (secondary N) is 1. The summed E-state index contributed by atoms with van der Waals surface area (Å²) in [6.07, 6.45) is 8.29. The van der Waals surface area contributed by atoms with Crippen LogP contribution in [0.3, 0.4) is 0 Å². The van der Waals surface area contributed by atoms with E-state index in [0.29, 0.717) is 6.04 Å². The SMILES string of the molecule is CCNC(Cc1ccccc1)C1CCC(CC)CC1. The van der Waals surface area contributed by atoms with E-state index in [2.05, 4.69) is 49.5 Å². The first-order valence-corrected chi connectivity index (χ1v) is 8.10. The fourth-order valence-corrected chi connectivity index (χ4v) is 3.53. The summed E-state index contributed by atoms with van der Waals surface area (Å²) >= 11 is 0. The van der Waals surface area contributed by atoms with Crippen LogP contribution < -0.4 is 5.32 Å². The van der Waals surface area contributed by atoms with Gasteiger partial charge in [-0.3, -0.25) is 0 Å². The lowest BCUT2D eigenvalue weighted by molar-refractivity contribution is 0.218. The van der Waals surface area contributed by atoms with Gasteiger partial charge in [0.2, 0.25) is 0 Å². The van der Waals surface area contributed by atoms with Crippen LogP contribution in [0.15, 0.2) is 30.3 Å². The van der Waals surface area contributed by atoms with Gasteiger partial charge in [-0.15, -0.1) is 0 Å². The van der Waals surface area contributed by atoms with Crippen LogP contribution in [0.25, 0.3) is 0 Å². The Hall–Kier alpha value is -0.820. The van der Waals surface area contributed by atoms with Crippen molar-refractivity contribution in [1.29, 1.82) is 0 Å². The molecule has 0 amide bonds. The molecule has 1 aromatic rings. The molecule has 19 heavy (non-hydrogen) atoms. The molecule has 1 aliphatic carbocycles. The molecule has 2 rings (SSSR count). The average Bonchev–Trinajstić information content (AvgIpc) is 2.48. The van der Waals surface area contributed by atoms with Gasteiger partial charge >= 0.3 is 0 Å². The molecule has 0 bridgehead atoms. The van der Waals surface area contributed by atoms with Crippen LogP contribution in [0.1, 0.15) is 51.5 Å². The first-order chi connectivity index (χ1) is 9.33.